The summed E-state index contributed by atoms with van der Waals surface area (Å²) in [5.74, 6) is 0. The van der Waals surface area contributed by atoms with Gasteiger partial charge in [-0.15, -0.1) is 0 Å². The third kappa shape index (κ3) is 3.07. The van der Waals surface area contributed by atoms with Crippen LogP contribution in [0.4, 0.5) is 0 Å². The van der Waals surface area contributed by atoms with Gasteiger partial charge in [-0.1, -0.05) is 60.7 Å². The van der Waals surface area contributed by atoms with Gasteiger partial charge < -0.3 is 9.46 Å². The van der Waals surface area contributed by atoms with Crippen molar-refractivity contribution in [1.29, 1.82) is 5.26 Å². The molecule has 0 saturated carbocycles. The van der Waals surface area contributed by atoms with E-state index in [1.165, 1.54) is 0 Å². The van der Waals surface area contributed by atoms with Gasteiger partial charge in [0.05, 0.1) is 0 Å². The average molecular weight is 296 g/mol. The predicted molar refractivity (Wildman–Crippen MR) is 87.1 cm³/mol. The van der Waals surface area contributed by atoms with Crippen molar-refractivity contribution in [3.8, 4) is 6.07 Å². The molecule has 3 nitrogen and oxygen atoms in total. The Balaban J connectivity index is 2.73. The van der Waals surface area contributed by atoms with Gasteiger partial charge in [-0.2, -0.15) is 5.26 Å². The van der Waals surface area contributed by atoms with Crippen LogP contribution in [0, 0.1) is 11.3 Å². The van der Waals surface area contributed by atoms with E-state index in [0.717, 1.165) is 0 Å². The van der Waals surface area contributed by atoms with Crippen molar-refractivity contribution in [2.75, 3.05) is 14.1 Å². The first-order valence-corrected chi connectivity index (χ1v) is 8.30. The van der Waals surface area contributed by atoms with Crippen molar-refractivity contribution in [3.63, 3.8) is 0 Å². The zero-order chi connectivity index (χ0) is 15.3. The molecule has 0 unspecified atom stereocenters. The lowest BCUT2D eigenvalue weighted by Gasteiger charge is -2.19. The monoisotopic (exact) mass is 296 g/mol. The molecule has 0 bridgehead atoms. The summed E-state index contributed by atoms with van der Waals surface area (Å²) in [5, 5.41) is 11.1. The van der Waals surface area contributed by atoms with Crippen LogP contribution in [0.5, 0.6) is 0 Å². The molecule has 0 N–H and O–H groups in total. The number of nitriles is 1. The van der Waals surface area contributed by atoms with E-state index in [0.29, 0.717) is 10.6 Å². The second-order valence-electron chi connectivity index (χ2n) is 4.87. The molecule has 2 aromatic rings. The van der Waals surface area contributed by atoms with E-state index in [1.54, 1.807) is 11.1 Å². The smallest absolute Gasteiger partial charge is 0.182 e. The fourth-order valence-corrected chi connectivity index (χ4v) is 4.70. The number of allylic oxidation sites excluding steroid dienone is 1. The molecular formula is C17H17N2OP. The molecule has 0 aliphatic heterocycles. The molecule has 0 radical (unpaired) electrons. The van der Waals surface area contributed by atoms with E-state index < -0.39 is 7.14 Å². The normalized spacial score (nSPS) is 11.8. The largest absolute Gasteiger partial charge is 0.382 e. The van der Waals surface area contributed by atoms with Crippen LogP contribution in [-0.2, 0) is 4.57 Å². The molecule has 0 fully saturated rings. The van der Waals surface area contributed by atoms with Crippen molar-refractivity contribution in [2.45, 2.75) is 0 Å². The lowest BCUT2D eigenvalue weighted by molar-refractivity contribution is 0.559. The topological polar surface area (TPSA) is 44.1 Å². The van der Waals surface area contributed by atoms with Gasteiger partial charge in [-0.05, 0) is 0 Å². The molecule has 0 atom stereocenters. The predicted octanol–water partition coefficient (Wildman–Crippen LogP) is 2.93. The molecule has 0 spiro atoms. The minimum absolute atomic E-state index is 0.282. The second kappa shape index (κ2) is 6.43. The summed E-state index contributed by atoms with van der Waals surface area (Å²) in [7, 11) is 0.504. The van der Waals surface area contributed by atoms with Gasteiger partial charge in [-0.3, -0.25) is 0 Å². The van der Waals surface area contributed by atoms with Gasteiger partial charge in [0.1, 0.15) is 11.4 Å². The molecule has 4 heteroatoms. The highest BCUT2D eigenvalue weighted by Crippen LogP contribution is 2.51. The summed E-state index contributed by atoms with van der Waals surface area (Å²) < 4.78 is 13.8. The summed E-state index contributed by atoms with van der Waals surface area (Å²) in [6.07, 6.45) is 1.64. The van der Waals surface area contributed by atoms with Gasteiger partial charge in [-0.25, -0.2) is 0 Å². The first kappa shape index (κ1) is 15.1. The number of rotatable bonds is 4. The summed E-state index contributed by atoms with van der Waals surface area (Å²) in [5.41, 5.74) is 0. The Morgan fingerprint density at radius 3 is 1.76 bits per heavy atom. The van der Waals surface area contributed by atoms with E-state index in [-0.39, 0.29) is 5.31 Å². The fraction of sp³-hybridized carbons (Fsp3) is 0.118. The van der Waals surface area contributed by atoms with Crippen LogP contribution in [0.1, 0.15) is 0 Å². The molecule has 21 heavy (non-hydrogen) atoms. The number of nitrogens with zero attached hydrogens (tertiary/aromatic N) is 2. The minimum Gasteiger partial charge on any atom is -0.382 e. The standard InChI is InChI=1S/C17H17N2OP/c1-19(2)14-17(13-18)21(20,15-9-5-3-6-10-15)16-11-7-4-8-12-16/h3-12,14H,1-2H3. The summed E-state index contributed by atoms with van der Waals surface area (Å²) >= 11 is 0. The maximum absolute atomic E-state index is 13.8. The van der Waals surface area contributed by atoms with Crippen LogP contribution in [0.3, 0.4) is 0 Å². The molecule has 2 rings (SSSR count). The lowest BCUT2D eigenvalue weighted by Crippen LogP contribution is -2.18. The lowest BCUT2D eigenvalue weighted by atomic mass is 10.4. The summed E-state index contributed by atoms with van der Waals surface area (Å²) in [6.45, 7) is 0. The zero-order valence-corrected chi connectivity index (χ0v) is 13.0. The Hall–Kier alpha value is -2.30. The Morgan fingerprint density at radius 1 is 1.00 bits per heavy atom. The van der Waals surface area contributed by atoms with Gasteiger partial charge in [0.25, 0.3) is 0 Å². The van der Waals surface area contributed by atoms with E-state index in [4.69, 9.17) is 0 Å². The number of hydrogen-bond donors (Lipinski definition) is 0. The fourth-order valence-electron chi connectivity index (χ4n) is 2.13. The van der Waals surface area contributed by atoms with Gasteiger partial charge >= 0.3 is 0 Å². The summed E-state index contributed by atoms with van der Waals surface area (Å²) in [6, 6.07) is 20.5. The number of hydrogen-bond acceptors (Lipinski definition) is 3. The maximum atomic E-state index is 13.8. The van der Waals surface area contributed by atoms with Crippen molar-refractivity contribution < 1.29 is 4.57 Å². The van der Waals surface area contributed by atoms with Crippen LogP contribution in [0.25, 0.3) is 0 Å². The van der Waals surface area contributed by atoms with Crippen LogP contribution < -0.4 is 10.6 Å². The third-order valence-corrected chi connectivity index (χ3v) is 6.02. The van der Waals surface area contributed by atoms with Crippen LogP contribution in [-0.4, -0.2) is 19.0 Å². The van der Waals surface area contributed by atoms with Crippen LogP contribution >= 0.6 is 7.14 Å². The second-order valence-corrected chi connectivity index (χ2v) is 7.60. The SMILES string of the molecule is CN(C)C=C(C#N)P(=O)(c1ccccc1)c1ccccc1. The Morgan fingerprint density at radius 2 is 1.43 bits per heavy atom. The van der Waals surface area contributed by atoms with E-state index >= 15 is 0 Å². The van der Waals surface area contributed by atoms with Crippen molar-refractivity contribution in [3.05, 3.63) is 72.2 Å². The average Bonchev–Trinajstić information content (AvgIpc) is 2.53. The Labute approximate surface area is 125 Å². The van der Waals surface area contributed by atoms with Gasteiger partial charge in [0.15, 0.2) is 7.14 Å². The molecule has 0 saturated heterocycles. The molecule has 0 amide bonds. The zero-order valence-electron chi connectivity index (χ0n) is 12.1. The molecule has 0 heterocycles. The van der Waals surface area contributed by atoms with Crippen LogP contribution in [0.15, 0.2) is 72.2 Å². The molecule has 106 valence electrons. The van der Waals surface area contributed by atoms with E-state index in [2.05, 4.69) is 6.07 Å². The highest BCUT2D eigenvalue weighted by atomic mass is 31.2. The first-order chi connectivity index (χ1) is 10.1. The molecule has 2 aromatic carbocycles. The molecule has 0 aliphatic rings. The quantitative estimate of drug-likeness (QED) is 0.643. The van der Waals surface area contributed by atoms with Crippen molar-refractivity contribution >= 4 is 17.8 Å². The van der Waals surface area contributed by atoms with Crippen molar-refractivity contribution in [2.24, 2.45) is 0 Å². The van der Waals surface area contributed by atoms with Gasteiger partial charge in [0.2, 0.25) is 0 Å². The molecular weight excluding hydrogens is 279 g/mol. The highest BCUT2D eigenvalue weighted by Gasteiger charge is 2.32. The highest BCUT2D eigenvalue weighted by molar-refractivity contribution is 7.82. The van der Waals surface area contributed by atoms with Crippen LogP contribution in [0.2, 0.25) is 0 Å². The minimum atomic E-state index is -3.13. The third-order valence-electron chi connectivity index (χ3n) is 3.07. The Bertz CT molecular complexity index is 672. The maximum Gasteiger partial charge on any atom is 0.182 e. The molecule has 0 aliphatic carbocycles. The van der Waals surface area contributed by atoms with Crippen molar-refractivity contribution in [1.82, 2.24) is 4.90 Å². The summed E-state index contributed by atoms with van der Waals surface area (Å²) in [4.78, 5) is 1.75. The van der Waals surface area contributed by atoms with Gasteiger partial charge in [0, 0.05) is 30.9 Å². The van der Waals surface area contributed by atoms with E-state index in [1.807, 2.05) is 74.8 Å². The van der Waals surface area contributed by atoms with E-state index in [9.17, 15) is 9.83 Å². The number of benzene rings is 2. The first-order valence-electron chi connectivity index (χ1n) is 6.59. The molecule has 0 aromatic heterocycles. The Kier molecular flexibility index (Phi) is 4.62.